The molecule has 0 fully saturated rings. The summed E-state index contributed by atoms with van der Waals surface area (Å²) in [4.78, 5) is 11.3. The van der Waals surface area contributed by atoms with Crippen molar-refractivity contribution < 1.29 is 19.0 Å². The summed E-state index contributed by atoms with van der Waals surface area (Å²) < 4.78 is 18.2. The second-order valence-electron chi connectivity index (χ2n) is 3.63. The summed E-state index contributed by atoms with van der Waals surface area (Å²) in [5, 5.41) is 9.66. The van der Waals surface area contributed by atoms with Crippen LogP contribution in [0.4, 0.5) is 4.39 Å². The molecule has 1 aromatic rings. The van der Waals surface area contributed by atoms with E-state index in [2.05, 4.69) is 4.74 Å². The van der Waals surface area contributed by atoms with Gasteiger partial charge in [0.25, 0.3) is 0 Å². The summed E-state index contributed by atoms with van der Waals surface area (Å²) in [6.45, 7) is 5.18. The first kappa shape index (κ1) is 12.6. The van der Waals surface area contributed by atoms with Crippen LogP contribution in [-0.2, 0) is 9.53 Å². The highest BCUT2D eigenvalue weighted by Crippen LogP contribution is 2.23. The Hall–Kier alpha value is -1.42. The van der Waals surface area contributed by atoms with Crippen LogP contribution in [0.5, 0.6) is 0 Å². The summed E-state index contributed by atoms with van der Waals surface area (Å²) in [5.41, 5.74) is 1.27. The molecular weight excluding hydrogens is 211 g/mol. The van der Waals surface area contributed by atoms with Gasteiger partial charge in [-0.05, 0) is 38.0 Å². The van der Waals surface area contributed by atoms with Crippen LogP contribution in [0.15, 0.2) is 12.1 Å². The van der Waals surface area contributed by atoms with Crippen LogP contribution in [0.25, 0.3) is 0 Å². The van der Waals surface area contributed by atoms with E-state index in [0.29, 0.717) is 5.56 Å². The normalized spacial score (nSPS) is 12.3. The number of rotatable bonds is 3. The molecule has 0 saturated carbocycles. The average Bonchev–Trinajstić information content (AvgIpc) is 2.16. The number of ether oxygens (including phenoxy) is 1. The number of hydrogen-bond acceptors (Lipinski definition) is 3. The Morgan fingerprint density at radius 2 is 2.12 bits per heavy atom. The van der Waals surface area contributed by atoms with E-state index in [4.69, 9.17) is 0 Å². The lowest BCUT2D eigenvalue weighted by molar-refractivity contribution is -0.153. The summed E-state index contributed by atoms with van der Waals surface area (Å²) in [6.07, 6.45) is -1.56. The molecule has 1 atom stereocenters. The Labute approximate surface area is 93.9 Å². The topological polar surface area (TPSA) is 46.5 Å². The average molecular weight is 226 g/mol. The number of hydrogen-bond donors (Lipinski definition) is 1. The van der Waals surface area contributed by atoms with Crippen molar-refractivity contribution in [3.8, 4) is 0 Å². The van der Waals surface area contributed by atoms with Crippen LogP contribution in [0, 0.1) is 19.7 Å². The van der Waals surface area contributed by atoms with E-state index in [-0.39, 0.29) is 12.2 Å². The highest BCUT2D eigenvalue weighted by molar-refractivity contribution is 5.76. The van der Waals surface area contributed by atoms with Crippen LogP contribution in [0.2, 0.25) is 0 Å². The zero-order valence-electron chi connectivity index (χ0n) is 9.58. The number of benzene rings is 1. The van der Waals surface area contributed by atoms with E-state index in [9.17, 15) is 14.3 Å². The quantitative estimate of drug-likeness (QED) is 0.802. The van der Waals surface area contributed by atoms with E-state index in [1.54, 1.807) is 26.8 Å². The maximum absolute atomic E-state index is 13.6. The first-order chi connectivity index (χ1) is 7.47. The molecule has 0 aliphatic carbocycles. The molecule has 0 saturated heterocycles. The molecule has 1 unspecified atom stereocenters. The van der Waals surface area contributed by atoms with Gasteiger partial charge in [-0.25, -0.2) is 9.18 Å². The molecule has 0 heterocycles. The molecule has 0 radical (unpaired) electrons. The molecule has 0 aliphatic heterocycles. The predicted molar refractivity (Wildman–Crippen MR) is 57.5 cm³/mol. The zero-order chi connectivity index (χ0) is 12.3. The highest BCUT2D eigenvalue weighted by Gasteiger charge is 2.24. The van der Waals surface area contributed by atoms with E-state index in [0.717, 1.165) is 5.56 Å². The van der Waals surface area contributed by atoms with Crippen molar-refractivity contribution >= 4 is 5.97 Å². The predicted octanol–water partition coefficient (Wildman–Crippen LogP) is 2.04. The minimum Gasteiger partial charge on any atom is -0.464 e. The highest BCUT2D eigenvalue weighted by atomic mass is 19.1. The molecule has 88 valence electrons. The second kappa shape index (κ2) is 5.07. The number of aryl methyl sites for hydroxylation is 2. The number of esters is 1. The molecule has 0 bridgehead atoms. The van der Waals surface area contributed by atoms with Crippen molar-refractivity contribution in [1.29, 1.82) is 0 Å². The molecule has 0 spiro atoms. The van der Waals surface area contributed by atoms with E-state index in [1.807, 2.05) is 0 Å². The van der Waals surface area contributed by atoms with Crippen LogP contribution in [-0.4, -0.2) is 17.7 Å². The van der Waals surface area contributed by atoms with Gasteiger partial charge in [-0.15, -0.1) is 0 Å². The van der Waals surface area contributed by atoms with Gasteiger partial charge in [0.05, 0.1) is 6.61 Å². The molecule has 1 aromatic carbocycles. The van der Waals surface area contributed by atoms with Gasteiger partial charge in [0, 0.05) is 5.56 Å². The minimum atomic E-state index is -1.56. The van der Waals surface area contributed by atoms with Crippen molar-refractivity contribution in [2.45, 2.75) is 26.9 Å². The Kier molecular flexibility index (Phi) is 4.01. The largest absolute Gasteiger partial charge is 0.464 e. The lowest BCUT2D eigenvalue weighted by Gasteiger charge is -2.14. The Morgan fingerprint density at radius 1 is 1.50 bits per heavy atom. The third-order valence-corrected chi connectivity index (χ3v) is 2.26. The Morgan fingerprint density at radius 3 is 2.62 bits per heavy atom. The standard InChI is InChI=1S/C12H15FO3/c1-4-16-12(15)11(14)10-8(3)5-7(2)6-9(10)13/h5-6,11,14H,4H2,1-3H3. The van der Waals surface area contributed by atoms with E-state index in [1.165, 1.54) is 6.07 Å². The van der Waals surface area contributed by atoms with Crippen molar-refractivity contribution in [2.75, 3.05) is 6.61 Å². The first-order valence-corrected chi connectivity index (χ1v) is 5.08. The smallest absolute Gasteiger partial charge is 0.339 e. The summed E-state index contributed by atoms with van der Waals surface area (Å²) in [6, 6.07) is 2.99. The van der Waals surface area contributed by atoms with Gasteiger partial charge in [-0.1, -0.05) is 6.07 Å². The lowest BCUT2D eigenvalue weighted by atomic mass is 10.0. The first-order valence-electron chi connectivity index (χ1n) is 5.08. The third kappa shape index (κ3) is 2.58. The number of aliphatic hydroxyl groups excluding tert-OH is 1. The molecule has 1 rings (SSSR count). The maximum Gasteiger partial charge on any atom is 0.339 e. The zero-order valence-corrected chi connectivity index (χ0v) is 9.58. The molecule has 1 N–H and O–H groups in total. The minimum absolute atomic E-state index is 0.0101. The molecule has 0 aliphatic rings. The van der Waals surface area contributed by atoms with E-state index >= 15 is 0 Å². The fraction of sp³-hybridized carbons (Fsp3) is 0.417. The molecule has 0 aromatic heterocycles. The van der Waals surface area contributed by atoms with Gasteiger partial charge in [0.15, 0.2) is 6.10 Å². The molecule has 3 nitrogen and oxygen atoms in total. The SMILES string of the molecule is CCOC(=O)C(O)c1c(C)cc(C)cc1F. The molecular formula is C12H15FO3. The van der Waals surface area contributed by atoms with Gasteiger partial charge >= 0.3 is 5.97 Å². The summed E-state index contributed by atoms with van der Waals surface area (Å²) in [5.74, 6) is -1.41. The molecule has 16 heavy (non-hydrogen) atoms. The van der Waals surface area contributed by atoms with Crippen LogP contribution in [0.1, 0.15) is 29.7 Å². The van der Waals surface area contributed by atoms with Gasteiger partial charge in [-0.3, -0.25) is 0 Å². The Balaban J connectivity index is 3.08. The van der Waals surface area contributed by atoms with Crippen molar-refractivity contribution in [3.05, 3.63) is 34.6 Å². The number of halogens is 1. The summed E-state index contributed by atoms with van der Waals surface area (Å²) in [7, 11) is 0. The maximum atomic E-state index is 13.6. The van der Waals surface area contributed by atoms with Crippen molar-refractivity contribution in [1.82, 2.24) is 0 Å². The van der Waals surface area contributed by atoms with E-state index < -0.39 is 17.9 Å². The van der Waals surface area contributed by atoms with Gasteiger partial charge in [-0.2, -0.15) is 0 Å². The fourth-order valence-electron chi connectivity index (χ4n) is 1.61. The third-order valence-electron chi connectivity index (χ3n) is 2.26. The van der Waals surface area contributed by atoms with Crippen LogP contribution < -0.4 is 0 Å². The lowest BCUT2D eigenvalue weighted by Crippen LogP contribution is -2.17. The Bertz CT molecular complexity index is 378. The van der Waals surface area contributed by atoms with Crippen LogP contribution in [0.3, 0.4) is 0 Å². The molecule has 0 amide bonds. The monoisotopic (exact) mass is 226 g/mol. The van der Waals surface area contributed by atoms with Crippen LogP contribution >= 0.6 is 0 Å². The fourth-order valence-corrected chi connectivity index (χ4v) is 1.61. The van der Waals surface area contributed by atoms with Gasteiger partial charge in [0.2, 0.25) is 0 Å². The number of carbonyl (C=O) groups excluding carboxylic acids is 1. The van der Waals surface area contributed by atoms with Crippen molar-refractivity contribution in [3.63, 3.8) is 0 Å². The number of carbonyl (C=O) groups is 1. The van der Waals surface area contributed by atoms with Gasteiger partial charge in [0.1, 0.15) is 5.82 Å². The summed E-state index contributed by atoms with van der Waals surface area (Å²) >= 11 is 0. The van der Waals surface area contributed by atoms with Crippen molar-refractivity contribution in [2.24, 2.45) is 0 Å². The number of aliphatic hydroxyl groups is 1. The van der Waals surface area contributed by atoms with Gasteiger partial charge < -0.3 is 9.84 Å². The molecule has 4 heteroatoms. The second-order valence-corrected chi connectivity index (χ2v) is 3.63.